The van der Waals surface area contributed by atoms with Crippen LogP contribution >= 0.6 is 11.8 Å². The summed E-state index contributed by atoms with van der Waals surface area (Å²) < 4.78 is 1.50. The van der Waals surface area contributed by atoms with Gasteiger partial charge in [0.1, 0.15) is 11.8 Å². The highest BCUT2D eigenvalue weighted by Crippen LogP contribution is 2.25. The molecule has 8 heteroatoms. The molecule has 0 bridgehead atoms. The minimum absolute atomic E-state index is 0.113. The number of aryl methyl sites for hydroxylation is 1. The number of hydrogen-bond acceptors (Lipinski definition) is 6. The number of amides is 1. The van der Waals surface area contributed by atoms with E-state index in [4.69, 9.17) is 0 Å². The molecule has 2 N–H and O–H groups in total. The molecule has 0 aliphatic rings. The van der Waals surface area contributed by atoms with Crippen molar-refractivity contribution in [3.8, 4) is 11.8 Å². The van der Waals surface area contributed by atoms with Crippen LogP contribution in [0.25, 0.3) is 16.6 Å². The summed E-state index contributed by atoms with van der Waals surface area (Å²) in [6.45, 7) is 2.12. The van der Waals surface area contributed by atoms with Crippen LogP contribution in [0.5, 0.6) is 0 Å². The first kappa shape index (κ1) is 23.8. The van der Waals surface area contributed by atoms with Crippen molar-refractivity contribution in [1.82, 2.24) is 14.9 Å². The Labute approximate surface area is 206 Å². The van der Waals surface area contributed by atoms with Crippen LogP contribution < -0.4 is 10.9 Å². The zero-order valence-corrected chi connectivity index (χ0v) is 19.7. The molecule has 0 saturated heterocycles. The summed E-state index contributed by atoms with van der Waals surface area (Å²) in [7, 11) is 0. The third-order valence-corrected chi connectivity index (χ3v) is 6.31. The smallest absolute Gasteiger partial charge is 0.266 e. The van der Waals surface area contributed by atoms with Crippen LogP contribution in [0, 0.1) is 18.3 Å². The molecule has 1 heterocycles. The number of nitrogens with zero attached hydrogens (tertiary/aromatic N) is 3. The number of fused-ring (bicyclic) bond motifs is 1. The van der Waals surface area contributed by atoms with E-state index >= 15 is 0 Å². The molecule has 0 fully saturated rings. The molecule has 7 nitrogen and oxygen atoms in total. The van der Waals surface area contributed by atoms with Crippen LogP contribution in [-0.4, -0.2) is 26.3 Å². The average molecular weight is 483 g/mol. The van der Waals surface area contributed by atoms with Crippen molar-refractivity contribution in [3.63, 3.8) is 0 Å². The lowest BCUT2D eigenvalue weighted by molar-refractivity contribution is -0.117. The number of aliphatic hydroxyl groups is 1. The van der Waals surface area contributed by atoms with Gasteiger partial charge < -0.3 is 10.4 Å². The Bertz CT molecular complexity index is 1520. The first-order chi connectivity index (χ1) is 17.0. The molecule has 1 aromatic heterocycles. The fourth-order valence-electron chi connectivity index (χ4n) is 3.55. The molecule has 0 spiro atoms. The molecule has 0 radical (unpaired) electrons. The number of aromatic nitrogens is 2. The third kappa shape index (κ3) is 5.26. The molecule has 0 atom stereocenters. The Morgan fingerprint density at radius 1 is 1.06 bits per heavy atom. The normalized spacial score (nSPS) is 11.5. The maximum Gasteiger partial charge on any atom is 0.266 e. The van der Waals surface area contributed by atoms with Gasteiger partial charge >= 0.3 is 0 Å². The van der Waals surface area contributed by atoms with Gasteiger partial charge in [0, 0.05) is 6.54 Å². The highest BCUT2D eigenvalue weighted by molar-refractivity contribution is 7.99. The standard InChI is InChI=1S/C27H22N4O3S/c1-18-9-5-8-14-23(18)31-26(34)20-12-6-7-13-22(20)30-27(31)35-17-24(32)21(15-28)25(33)29-16-19-10-3-2-4-11-19/h2-14,32H,16-17H2,1H3,(H,29,33)/b24-21-. The zero-order chi connectivity index (χ0) is 24.8. The zero-order valence-electron chi connectivity index (χ0n) is 18.9. The summed E-state index contributed by atoms with van der Waals surface area (Å²) in [6, 6.07) is 25.5. The average Bonchev–Trinajstić information content (AvgIpc) is 2.88. The fraction of sp³-hybridized carbons (Fsp3) is 0.111. The molecule has 1 amide bonds. The van der Waals surface area contributed by atoms with E-state index in [1.807, 2.05) is 61.5 Å². The van der Waals surface area contributed by atoms with Crippen LogP contribution in [-0.2, 0) is 11.3 Å². The largest absolute Gasteiger partial charge is 0.510 e. The first-order valence-corrected chi connectivity index (χ1v) is 11.8. The Morgan fingerprint density at radius 3 is 2.49 bits per heavy atom. The minimum atomic E-state index is -0.669. The van der Waals surface area contributed by atoms with E-state index in [2.05, 4.69) is 10.3 Å². The Hall–Kier alpha value is -4.35. The Morgan fingerprint density at radius 2 is 1.74 bits per heavy atom. The van der Waals surface area contributed by atoms with Gasteiger partial charge in [-0.2, -0.15) is 5.26 Å². The van der Waals surface area contributed by atoms with Gasteiger partial charge in [0.15, 0.2) is 10.7 Å². The van der Waals surface area contributed by atoms with Gasteiger partial charge in [-0.15, -0.1) is 0 Å². The van der Waals surface area contributed by atoms with Gasteiger partial charge in [0.2, 0.25) is 0 Å². The number of para-hydroxylation sites is 2. The second-order valence-corrected chi connectivity index (χ2v) is 8.67. The van der Waals surface area contributed by atoms with E-state index in [0.717, 1.165) is 22.9 Å². The third-order valence-electron chi connectivity index (χ3n) is 5.36. The van der Waals surface area contributed by atoms with Crippen molar-refractivity contribution >= 4 is 28.6 Å². The number of carbonyl (C=O) groups is 1. The summed E-state index contributed by atoms with van der Waals surface area (Å²) in [6.07, 6.45) is 0. The molecule has 4 aromatic rings. The molecular formula is C27H22N4O3S. The van der Waals surface area contributed by atoms with E-state index in [0.29, 0.717) is 21.7 Å². The minimum Gasteiger partial charge on any atom is -0.510 e. The molecule has 4 rings (SSSR count). The van der Waals surface area contributed by atoms with Gasteiger partial charge in [0.25, 0.3) is 11.5 Å². The predicted octanol–water partition coefficient (Wildman–Crippen LogP) is 4.44. The van der Waals surface area contributed by atoms with Crippen LogP contribution in [0.2, 0.25) is 0 Å². The number of benzene rings is 3. The van der Waals surface area contributed by atoms with Gasteiger partial charge in [-0.05, 0) is 36.2 Å². The van der Waals surface area contributed by atoms with Crippen molar-refractivity contribution in [2.24, 2.45) is 0 Å². The van der Waals surface area contributed by atoms with E-state index < -0.39 is 5.91 Å². The lowest BCUT2D eigenvalue weighted by Gasteiger charge is -2.15. The second-order valence-electron chi connectivity index (χ2n) is 7.73. The highest BCUT2D eigenvalue weighted by Gasteiger charge is 2.18. The number of carbonyl (C=O) groups excluding carboxylic acids is 1. The van der Waals surface area contributed by atoms with Crippen molar-refractivity contribution < 1.29 is 9.90 Å². The Balaban J connectivity index is 1.64. The second kappa shape index (κ2) is 10.7. The molecule has 0 aliphatic carbocycles. The van der Waals surface area contributed by atoms with Crippen molar-refractivity contribution in [3.05, 3.63) is 112 Å². The van der Waals surface area contributed by atoms with E-state index in [-0.39, 0.29) is 29.2 Å². The topological polar surface area (TPSA) is 108 Å². The van der Waals surface area contributed by atoms with Crippen LogP contribution in [0.3, 0.4) is 0 Å². The van der Waals surface area contributed by atoms with Crippen molar-refractivity contribution in [2.45, 2.75) is 18.6 Å². The van der Waals surface area contributed by atoms with Crippen LogP contribution in [0.4, 0.5) is 0 Å². The van der Waals surface area contributed by atoms with Crippen molar-refractivity contribution in [1.29, 1.82) is 5.26 Å². The number of thioether (sulfide) groups is 1. The van der Waals surface area contributed by atoms with Crippen molar-refractivity contribution in [2.75, 3.05) is 5.75 Å². The highest BCUT2D eigenvalue weighted by atomic mass is 32.2. The lowest BCUT2D eigenvalue weighted by atomic mass is 10.2. The number of rotatable bonds is 7. The molecule has 0 saturated carbocycles. The quantitative estimate of drug-likeness (QED) is 0.133. The lowest BCUT2D eigenvalue weighted by Crippen LogP contribution is -2.25. The summed E-state index contributed by atoms with van der Waals surface area (Å²) >= 11 is 1.08. The Kier molecular flexibility index (Phi) is 7.29. The number of hydrogen-bond donors (Lipinski definition) is 2. The number of nitriles is 1. The first-order valence-electron chi connectivity index (χ1n) is 10.8. The molecule has 3 aromatic carbocycles. The SMILES string of the molecule is Cc1ccccc1-n1c(SC/C(O)=C(\C#N)C(=O)NCc2ccccc2)nc2ccccc2c1=O. The maximum absolute atomic E-state index is 13.4. The van der Waals surface area contributed by atoms with Gasteiger partial charge in [-0.1, -0.05) is 72.4 Å². The van der Waals surface area contributed by atoms with E-state index in [9.17, 15) is 20.0 Å². The molecule has 0 aliphatic heterocycles. The number of aliphatic hydroxyl groups excluding tert-OH is 1. The maximum atomic E-state index is 13.4. The van der Waals surface area contributed by atoms with Gasteiger partial charge in [-0.3, -0.25) is 14.2 Å². The molecule has 35 heavy (non-hydrogen) atoms. The fourth-order valence-corrected chi connectivity index (χ4v) is 4.44. The van der Waals surface area contributed by atoms with E-state index in [1.165, 1.54) is 4.57 Å². The molecular weight excluding hydrogens is 460 g/mol. The monoisotopic (exact) mass is 482 g/mol. The van der Waals surface area contributed by atoms with Crippen LogP contribution in [0.1, 0.15) is 11.1 Å². The predicted molar refractivity (Wildman–Crippen MR) is 136 cm³/mol. The summed E-state index contributed by atoms with van der Waals surface area (Å²) in [5.41, 5.74) is 2.33. The molecule has 174 valence electrons. The van der Waals surface area contributed by atoms with Gasteiger partial charge in [0.05, 0.1) is 22.3 Å². The summed E-state index contributed by atoms with van der Waals surface area (Å²) in [4.78, 5) is 30.6. The summed E-state index contributed by atoms with van der Waals surface area (Å²) in [5.74, 6) is -1.17. The summed E-state index contributed by atoms with van der Waals surface area (Å²) in [5, 5.41) is 23.6. The number of nitrogens with one attached hydrogen (secondary N) is 1. The van der Waals surface area contributed by atoms with Crippen LogP contribution in [0.15, 0.2) is 100 Å². The van der Waals surface area contributed by atoms with Gasteiger partial charge in [-0.25, -0.2) is 4.98 Å². The molecule has 0 unspecified atom stereocenters. The van der Waals surface area contributed by atoms with E-state index in [1.54, 1.807) is 30.3 Å².